The van der Waals surface area contributed by atoms with Crippen molar-refractivity contribution in [3.63, 3.8) is 0 Å². The maximum atomic E-state index is 12.2. The fourth-order valence-electron chi connectivity index (χ4n) is 3.32. The lowest BCUT2D eigenvalue weighted by Gasteiger charge is -2.37. The summed E-state index contributed by atoms with van der Waals surface area (Å²) in [6.45, 7) is 3.87. The highest BCUT2D eigenvalue weighted by Gasteiger charge is 2.35. The third kappa shape index (κ3) is 3.90. The SMILES string of the molecule is CC(=O)/C(N)=C/N(N)Cc1ccc(N2CC(=O)N3CCCC3C2)nc1. The number of rotatable bonds is 5. The zero-order valence-electron chi connectivity index (χ0n) is 14.4. The number of Topliss-reactive ketones (excluding diaryl/α,β-unsaturated/α-hetero) is 1. The summed E-state index contributed by atoms with van der Waals surface area (Å²) in [5.41, 5.74) is 6.58. The van der Waals surface area contributed by atoms with E-state index in [1.807, 2.05) is 21.9 Å². The maximum Gasteiger partial charge on any atom is 0.242 e. The lowest BCUT2D eigenvalue weighted by Crippen LogP contribution is -2.54. The summed E-state index contributed by atoms with van der Waals surface area (Å²) in [6.07, 6.45) is 5.29. The van der Waals surface area contributed by atoms with Gasteiger partial charge in [-0.2, -0.15) is 0 Å². The molecule has 0 bridgehead atoms. The lowest BCUT2D eigenvalue weighted by atomic mass is 10.1. The van der Waals surface area contributed by atoms with Crippen molar-refractivity contribution < 1.29 is 9.59 Å². The average molecular weight is 344 g/mol. The molecule has 3 rings (SSSR count). The second kappa shape index (κ2) is 7.10. The van der Waals surface area contributed by atoms with Crippen LogP contribution in [-0.2, 0) is 16.1 Å². The van der Waals surface area contributed by atoms with E-state index >= 15 is 0 Å². The van der Waals surface area contributed by atoms with Crippen LogP contribution in [0.5, 0.6) is 0 Å². The molecule has 2 aliphatic rings. The highest BCUT2D eigenvalue weighted by atomic mass is 16.2. The number of hydrogen-bond donors (Lipinski definition) is 2. The van der Waals surface area contributed by atoms with Gasteiger partial charge in [0.1, 0.15) is 5.82 Å². The first-order valence-corrected chi connectivity index (χ1v) is 8.43. The fraction of sp³-hybridized carbons (Fsp3) is 0.471. The van der Waals surface area contributed by atoms with Gasteiger partial charge in [-0.3, -0.25) is 9.59 Å². The molecule has 1 unspecified atom stereocenters. The van der Waals surface area contributed by atoms with Gasteiger partial charge in [0.25, 0.3) is 0 Å². The molecule has 0 aromatic carbocycles. The normalized spacial score (nSPS) is 20.6. The first-order chi connectivity index (χ1) is 11.9. The summed E-state index contributed by atoms with van der Waals surface area (Å²) in [5.74, 6) is 6.59. The van der Waals surface area contributed by atoms with E-state index in [-0.39, 0.29) is 17.4 Å². The molecule has 0 radical (unpaired) electrons. The number of hydrogen-bond acceptors (Lipinski definition) is 7. The van der Waals surface area contributed by atoms with Gasteiger partial charge in [0.2, 0.25) is 5.91 Å². The van der Waals surface area contributed by atoms with Crippen LogP contribution in [0, 0.1) is 0 Å². The van der Waals surface area contributed by atoms with Gasteiger partial charge in [-0.15, -0.1) is 0 Å². The molecule has 8 nitrogen and oxygen atoms in total. The van der Waals surface area contributed by atoms with Gasteiger partial charge in [-0.05, 0) is 24.5 Å². The number of carbonyl (C=O) groups excluding carboxylic acids is 2. The molecule has 25 heavy (non-hydrogen) atoms. The predicted octanol–water partition coefficient (Wildman–Crippen LogP) is -0.0426. The molecule has 4 N–H and O–H groups in total. The van der Waals surface area contributed by atoms with Crippen LogP contribution in [0.25, 0.3) is 0 Å². The van der Waals surface area contributed by atoms with Crippen molar-refractivity contribution in [2.24, 2.45) is 11.6 Å². The van der Waals surface area contributed by atoms with Crippen molar-refractivity contribution in [1.82, 2.24) is 14.9 Å². The molecule has 1 aromatic rings. The van der Waals surface area contributed by atoms with Crippen molar-refractivity contribution in [3.05, 3.63) is 35.8 Å². The van der Waals surface area contributed by atoms with E-state index in [0.29, 0.717) is 19.1 Å². The quantitative estimate of drug-likeness (QED) is 0.438. The van der Waals surface area contributed by atoms with Crippen LogP contribution in [0.2, 0.25) is 0 Å². The van der Waals surface area contributed by atoms with Crippen LogP contribution in [-0.4, -0.2) is 52.3 Å². The second-order valence-corrected chi connectivity index (χ2v) is 6.60. The Labute approximate surface area is 147 Å². The number of nitrogens with zero attached hydrogens (tertiary/aromatic N) is 4. The van der Waals surface area contributed by atoms with Crippen molar-refractivity contribution in [2.75, 3.05) is 24.5 Å². The number of nitrogens with two attached hydrogens (primary N) is 2. The molecular formula is C17H24N6O2. The molecule has 1 aromatic heterocycles. The molecule has 0 saturated carbocycles. The Morgan fingerprint density at radius 2 is 2.28 bits per heavy atom. The first-order valence-electron chi connectivity index (χ1n) is 8.43. The fourth-order valence-corrected chi connectivity index (χ4v) is 3.32. The highest BCUT2D eigenvalue weighted by molar-refractivity contribution is 5.92. The van der Waals surface area contributed by atoms with E-state index in [1.165, 1.54) is 18.1 Å². The predicted molar refractivity (Wildman–Crippen MR) is 93.9 cm³/mol. The van der Waals surface area contributed by atoms with Gasteiger partial charge in [-0.1, -0.05) is 6.07 Å². The van der Waals surface area contributed by atoms with Gasteiger partial charge in [-0.25, -0.2) is 10.8 Å². The number of ketones is 1. The van der Waals surface area contributed by atoms with Gasteiger partial charge >= 0.3 is 0 Å². The van der Waals surface area contributed by atoms with Crippen LogP contribution in [0.4, 0.5) is 5.82 Å². The monoisotopic (exact) mass is 344 g/mol. The first kappa shape index (κ1) is 17.2. The van der Waals surface area contributed by atoms with Gasteiger partial charge in [0.05, 0.1) is 18.8 Å². The number of anilines is 1. The Kier molecular flexibility index (Phi) is 4.89. The Hall–Kier alpha value is -2.61. The smallest absolute Gasteiger partial charge is 0.242 e. The molecule has 2 aliphatic heterocycles. The van der Waals surface area contributed by atoms with Crippen molar-refractivity contribution in [3.8, 4) is 0 Å². The van der Waals surface area contributed by atoms with E-state index in [0.717, 1.165) is 37.3 Å². The number of amides is 1. The van der Waals surface area contributed by atoms with Gasteiger partial charge in [0.15, 0.2) is 5.78 Å². The number of hydrazine groups is 1. The third-order valence-electron chi connectivity index (χ3n) is 4.66. The topological polar surface area (TPSA) is 109 Å². The summed E-state index contributed by atoms with van der Waals surface area (Å²) in [5, 5.41) is 1.36. The number of carbonyl (C=O) groups is 2. The minimum atomic E-state index is -0.223. The number of piperazine rings is 1. The number of aromatic nitrogens is 1. The summed E-state index contributed by atoms with van der Waals surface area (Å²) in [7, 11) is 0. The van der Waals surface area contributed by atoms with E-state index in [4.69, 9.17) is 11.6 Å². The van der Waals surface area contributed by atoms with E-state index in [2.05, 4.69) is 4.98 Å². The van der Waals surface area contributed by atoms with Gasteiger partial charge in [0, 0.05) is 38.5 Å². The molecule has 134 valence electrons. The average Bonchev–Trinajstić information content (AvgIpc) is 3.04. The minimum absolute atomic E-state index is 0.111. The summed E-state index contributed by atoms with van der Waals surface area (Å²) in [6, 6.07) is 4.13. The second-order valence-electron chi connectivity index (χ2n) is 6.60. The summed E-state index contributed by atoms with van der Waals surface area (Å²) in [4.78, 5) is 31.8. The number of fused-ring (bicyclic) bond motifs is 1. The molecule has 0 spiro atoms. The van der Waals surface area contributed by atoms with Crippen LogP contribution < -0.4 is 16.5 Å². The lowest BCUT2D eigenvalue weighted by molar-refractivity contribution is -0.132. The van der Waals surface area contributed by atoms with Crippen LogP contribution in [0.3, 0.4) is 0 Å². The molecule has 3 heterocycles. The largest absolute Gasteiger partial charge is 0.395 e. The molecule has 2 fully saturated rings. The van der Waals surface area contributed by atoms with Crippen LogP contribution in [0.15, 0.2) is 30.2 Å². The zero-order chi connectivity index (χ0) is 18.0. The standard InChI is InChI=1S/C17H24N6O2/c1-12(24)15(18)10-22(19)8-13-4-5-16(20-7-13)21-9-14-3-2-6-23(14)17(25)11-21/h4-5,7,10,14H,2-3,6,8-9,11,18-19H2,1H3/b15-10-. The van der Waals surface area contributed by atoms with E-state index < -0.39 is 0 Å². The van der Waals surface area contributed by atoms with Crippen LogP contribution in [0.1, 0.15) is 25.3 Å². The molecular weight excluding hydrogens is 320 g/mol. The summed E-state index contributed by atoms with van der Waals surface area (Å²) >= 11 is 0. The zero-order valence-corrected chi connectivity index (χ0v) is 14.4. The van der Waals surface area contributed by atoms with Crippen LogP contribution >= 0.6 is 0 Å². The van der Waals surface area contributed by atoms with Gasteiger partial charge < -0.3 is 20.5 Å². The molecule has 0 aliphatic carbocycles. The molecule has 1 atom stereocenters. The Balaban J connectivity index is 1.63. The number of pyridine rings is 1. The van der Waals surface area contributed by atoms with Crippen molar-refractivity contribution in [2.45, 2.75) is 32.4 Å². The molecule has 1 amide bonds. The Morgan fingerprint density at radius 1 is 1.48 bits per heavy atom. The number of allylic oxidation sites excluding steroid dienone is 1. The molecule has 8 heteroatoms. The summed E-state index contributed by atoms with van der Waals surface area (Å²) < 4.78 is 0. The Bertz CT molecular complexity index is 687. The maximum absolute atomic E-state index is 12.2. The highest BCUT2D eigenvalue weighted by Crippen LogP contribution is 2.25. The molecule has 2 saturated heterocycles. The Morgan fingerprint density at radius 3 is 2.96 bits per heavy atom. The van der Waals surface area contributed by atoms with Crippen molar-refractivity contribution >= 4 is 17.5 Å². The minimum Gasteiger partial charge on any atom is -0.395 e. The van der Waals surface area contributed by atoms with E-state index in [1.54, 1.807) is 6.20 Å². The van der Waals surface area contributed by atoms with Crippen molar-refractivity contribution in [1.29, 1.82) is 0 Å². The third-order valence-corrected chi connectivity index (χ3v) is 4.66. The van der Waals surface area contributed by atoms with E-state index in [9.17, 15) is 9.59 Å².